The summed E-state index contributed by atoms with van der Waals surface area (Å²) in [5.41, 5.74) is 1.66. The Morgan fingerprint density at radius 1 is 1.21 bits per heavy atom. The van der Waals surface area contributed by atoms with E-state index in [1.54, 1.807) is 6.07 Å². The maximum absolute atomic E-state index is 13.7. The van der Waals surface area contributed by atoms with Crippen molar-refractivity contribution >= 4 is 21.8 Å². The van der Waals surface area contributed by atoms with Gasteiger partial charge in [-0.2, -0.15) is 0 Å². The highest BCUT2D eigenvalue weighted by Crippen LogP contribution is 2.26. The second-order valence-electron chi connectivity index (χ2n) is 6.09. The normalized spacial score (nSPS) is 18.8. The van der Waals surface area contributed by atoms with Crippen LogP contribution in [0.3, 0.4) is 0 Å². The monoisotopic (exact) mass is 390 g/mol. The van der Waals surface area contributed by atoms with Gasteiger partial charge in [-0.15, -0.1) is 0 Å². The summed E-state index contributed by atoms with van der Waals surface area (Å²) in [6.45, 7) is 1.66. The number of nitrogens with one attached hydrogen (secondary N) is 2. The van der Waals surface area contributed by atoms with E-state index in [0.29, 0.717) is 6.54 Å². The van der Waals surface area contributed by atoms with Crippen LogP contribution in [0.1, 0.15) is 30.0 Å². The van der Waals surface area contributed by atoms with E-state index in [2.05, 4.69) is 26.6 Å². The second-order valence-corrected chi connectivity index (χ2v) is 7.01. The van der Waals surface area contributed by atoms with Crippen LogP contribution in [0.25, 0.3) is 0 Å². The molecule has 0 aliphatic carbocycles. The number of carbonyl (C=O) groups excluding carboxylic acids is 1. The summed E-state index contributed by atoms with van der Waals surface area (Å²) >= 11 is 3.46. The number of halogens is 2. The van der Waals surface area contributed by atoms with Gasteiger partial charge in [0.25, 0.3) is 0 Å². The number of amides is 1. The Kier molecular flexibility index (Phi) is 5.63. The lowest BCUT2D eigenvalue weighted by atomic mass is 9.95. The second kappa shape index (κ2) is 7.90. The van der Waals surface area contributed by atoms with E-state index in [1.165, 1.54) is 12.1 Å². The molecule has 2 aromatic rings. The maximum Gasteiger partial charge on any atom is 0.225 e. The van der Waals surface area contributed by atoms with Crippen molar-refractivity contribution in [3.63, 3.8) is 0 Å². The smallest absolute Gasteiger partial charge is 0.225 e. The van der Waals surface area contributed by atoms with Crippen molar-refractivity contribution in [2.45, 2.75) is 18.9 Å². The molecule has 0 radical (unpaired) electrons. The van der Waals surface area contributed by atoms with Crippen molar-refractivity contribution in [2.24, 2.45) is 5.92 Å². The minimum atomic E-state index is -0.368. The summed E-state index contributed by atoms with van der Waals surface area (Å²) in [7, 11) is 0. The van der Waals surface area contributed by atoms with Crippen molar-refractivity contribution in [1.29, 1.82) is 0 Å². The molecule has 0 bridgehead atoms. The fourth-order valence-electron chi connectivity index (χ4n) is 3.07. The average Bonchev–Trinajstić information content (AvgIpc) is 2.60. The molecule has 0 aromatic heterocycles. The van der Waals surface area contributed by atoms with E-state index in [0.717, 1.165) is 35.0 Å². The molecule has 1 amide bonds. The molecule has 3 nitrogen and oxygen atoms in total. The summed E-state index contributed by atoms with van der Waals surface area (Å²) in [5, 5.41) is 6.37. The van der Waals surface area contributed by atoms with Crippen LogP contribution in [-0.4, -0.2) is 19.0 Å². The zero-order valence-electron chi connectivity index (χ0n) is 13.3. The Morgan fingerprint density at radius 3 is 2.62 bits per heavy atom. The van der Waals surface area contributed by atoms with Gasteiger partial charge in [0.15, 0.2) is 0 Å². The Morgan fingerprint density at radius 2 is 1.96 bits per heavy atom. The molecule has 24 heavy (non-hydrogen) atoms. The Balaban J connectivity index is 1.88. The quantitative estimate of drug-likeness (QED) is 0.833. The number of benzene rings is 2. The van der Waals surface area contributed by atoms with E-state index < -0.39 is 0 Å². The molecule has 1 fully saturated rings. The van der Waals surface area contributed by atoms with Crippen molar-refractivity contribution in [3.8, 4) is 0 Å². The fraction of sp³-hybridized carbons (Fsp3) is 0.316. The largest absolute Gasteiger partial charge is 0.345 e. The van der Waals surface area contributed by atoms with Gasteiger partial charge in [0, 0.05) is 11.0 Å². The average molecular weight is 391 g/mol. The molecule has 2 aromatic carbocycles. The van der Waals surface area contributed by atoms with Crippen LogP contribution in [0.5, 0.6) is 0 Å². The lowest BCUT2D eigenvalue weighted by molar-refractivity contribution is -0.126. The lowest BCUT2D eigenvalue weighted by Crippen LogP contribution is -2.42. The van der Waals surface area contributed by atoms with E-state index >= 15 is 0 Å². The molecule has 1 aliphatic rings. The van der Waals surface area contributed by atoms with Gasteiger partial charge in [-0.05, 0) is 54.8 Å². The molecule has 0 saturated carbocycles. The first-order chi connectivity index (χ1) is 11.6. The van der Waals surface area contributed by atoms with Crippen molar-refractivity contribution in [3.05, 3.63) is 69.9 Å². The molecule has 1 saturated heterocycles. The Hall–Kier alpha value is -1.72. The molecule has 0 spiro atoms. The number of hydrogen-bond acceptors (Lipinski definition) is 2. The zero-order chi connectivity index (χ0) is 16.9. The van der Waals surface area contributed by atoms with Crippen LogP contribution < -0.4 is 10.6 Å². The van der Waals surface area contributed by atoms with Gasteiger partial charge >= 0.3 is 0 Å². The number of hydrogen-bond donors (Lipinski definition) is 2. The summed E-state index contributed by atoms with van der Waals surface area (Å²) in [6, 6.07) is 13.8. The van der Waals surface area contributed by atoms with Gasteiger partial charge < -0.3 is 10.6 Å². The maximum atomic E-state index is 13.7. The van der Waals surface area contributed by atoms with E-state index in [9.17, 15) is 9.18 Å². The molecular weight excluding hydrogens is 371 g/mol. The van der Waals surface area contributed by atoms with Gasteiger partial charge in [-0.3, -0.25) is 4.79 Å². The summed E-state index contributed by atoms with van der Waals surface area (Å²) in [6.07, 6.45) is 1.88. The van der Waals surface area contributed by atoms with Gasteiger partial charge in [-0.25, -0.2) is 4.39 Å². The van der Waals surface area contributed by atoms with Crippen LogP contribution in [0.2, 0.25) is 0 Å². The van der Waals surface area contributed by atoms with Crippen molar-refractivity contribution < 1.29 is 9.18 Å². The predicted molar refractivity (Wildman–Crippen MR) is 96.1 cm³/mol. The highest BCUT2D eigenvalue weighted by Gasteiger charge is 2.25. The first-order valence-corrected chi connectivity index (χ1v) is 8.95. The van der Waals surface area contributed by atoms with E-state index in [-0.39, 0.29) is 23.7 Å². The molecule has 3 rings (SSSR count). The standard InChI is InChI=1S/C19H20BrFN2O/c20-16-7-1-4-13(10-16)18(14-5-2-8-17(21)11-14)23-19(24)15-6-3-9-22-12-15/h1-2,4-5,7-8,10-11,15,18,22H,3,6,9,12H2,(H,23,24). The van der Waals surface area contributed by atoms with Crippen LogP contribution in [0.15, 0.2) is 53.0 Å². The SMILES string of the molecule is O=C(NC(c1cccc(F)c1)c1cccc(Br)c1)C1CCCNC1. The highest BCUT2D eigenvalue weighted by atomic mass is 79.9. The fourth-order valence-corrected chi connectivity index (χ4v) is 3.48. The van der Waals surface area contributed by atoms with Crippen LogP contribution in [0.4, 0.5) is 4.39 Å². The Bertz CT molecular complexity index is 671. The topological polar surface area (TPSA) is 41.1 Å². The molecule has 1 aliphatic heterocycles. The summed E-state index contributed by atoms with van der Waals surface area (Å²) in [4.78, 5) is 12.7. The Labute approximate surface area is 149 Å². The molecule has 2 atom stereocenters. The van der Waals surface area contributed by atoms with Gasteiger partial charge in [-0.1, -0.05) is 40.2 Å². The third-order valence-corrected chi connectivity index (χ3v) is 4.81. The molecular formula is C19H20BrFN2O. The van der Waals surface area contributed by atoms with Gasteiger partial charge in [0.05, 0.1) is 12.0 Å². The minimum Gasteiger partial charge on any atom is -0.345 e. The first-order valence-electron chi connectivity index (χ1n) is 8.15. The number of carbonyl (C=O) groups is 1. The molecule has 126 valence electrons. The van der Waals surface area contributed by atoms with Gasteiger partial charge in [0.1, 0.15) is 5.82 Å². The zero-order valence-corrected chi connectivity index (χ0v) is 14.9. The minimum absolute atomic E-state index is 0.0106. The van der Waals surface area contributed by atoms with Crippen LogP contribution >= 0.6 is 15.9 Å². The predicted octanol–water partition coefficient (Wildman–Crippen LogP) is 3.79. The first kappa shape index (κ1) is 17.1. The van der Waals surface area contributed by atoms with E-state index in [4.69, 9.17) is 0 Å². The van der Waals surface area contributed by atoms with Crippen LogP contribution in [-0.2, 0) is 4.79 Å². The van der Waals surface area contributed by atoms with E-state index in [1.807, 2.05) is 30.3 Å². The lowest BCUT2D eigenvalue weighted by Gasteiger charge is -2.26. The summed E-state index contributed by atoms with van der Waals surface area (Å²) < 4.78 is 14.6. The van der Waals surface area contributed by atoms with Crippen molar-refractivity contribution in [1.82, 2.24) is 10.6 Å². The number of piperidine rings is 1. The molecule has 2 unspecified atom stereocenters. The van der Waals surface area contributed by atoms with Gasteiger partial charge in [0.2, 0.25) is 5.91 Å². The highest BCUT2D eigenvalue weighted by molar-refractivity contribution is 9.10. The number of rotatable bonds is 4. The molecule has 1 heterocycles. The third kappa shape index (κ3) is 4.22. The van der Waals surface area contributed by atoms with Crippen LogP contribution in [0, 0.1) is 11.7 Å². The van der Waals surface area contributed by atoms with Crippen molar-refractivity contribution in [2.75, 3.05) is 13.1 Å². The summed E-state index contributed by atoms with van der Waals surface area (Å²) in [5.74, 6) is -0.334. The third-order valence-electron chi connectivity index (χ3n) is 4.32. The molecule has 2 N–H and O–H groups in total. The molecule has 5 heteroatoms.